The molecule has 3 aliphatic heterocycles. The minimum atomic E-state index is -0.703. The number of nitrogen functional groups attached to an aromatic ring is 1. The maximum atomic E-state index is 12.9. The molecule has 0 bridgehead atoms. The molecule has 5 heterocycles. The summed E-state index contributed by atoms with van der Waals surface area (Å²) in [7, 11) is 0. The number of nitrogens with two attached hydrogens (primary N) is 1. The van der Waals surface area contributed by atoms with Gasteiger partial charge in [-0.1, -0.05) is 11.8 Å². The van der Waals surface area contributed by atoms with Crippen molar-refractivity contribution in [3.05, 3.63) is 22.9 Å². The maximum Gasteiger partial charge on any atom is 0.254 e. The van der Waals surface area contributed by atoms with Gasteiger partial charge in [0.1, 0.15) is 6.33 Å². The van der Waals surface area contributed by atoms with Crippen LogP contribution >= 0.6 is 27.7 Å². The lowest BCUT2D eigenvalue weighted by atomic mass is 9.93. The Hall–Kier alpha value is -2.61. The van der Waals surface area contributed by atoms with Gasteiger partial charge in [-0.15, -0.1) is 0 Å². The first kappa shape index (κ1) is 25.7. The molecule has 0 saturated carbocycles. The number of nitrogens with zero attached hydrogens (tertiary/aromatic N) is 5. The van der Waals surface area contributed by atoms with Crippen molar-refractivity contribution in [1.29, 1.82) is 0 Å². The minimum Gasteiger partial charge on any atom is -0.454 e. The van der Waals surface area contributed by atoms with Crippen molar-refractivity contribution in [3.63, 3.8) is 0 Å². The number of rotatable bonds is 6. The zero-order chi connectivity index (χ0) is 26.4. The number of aromatic nitrogens is 4. The van der Waals surface area contributed by atoms with Gasteiger partial charge in [-0.25, -0.2) is 15.0 Å². The number of fused-ring (bicyclic) bond motifs is 2. The van der Waals surface area contributed by atoms with Gasteiger partial charge in [0.2, 0.25) is 6.79 Å². The van der Waals surface area contributed by atoms with Crippen LogP contribution in [0.2, 0.25) is 0 Å². The average Bonchev–Trinajstić information content (AvgIpc) is 3.60. The van der Waals surface area contributed by atoms with Gasteiger partial charge < -0.3 is 34.1 Å². The van der Waals surface area contributed by atoms with Crippen molar-refractivity contribution >= 4 is 50.6 Å². The number of amides is 1. The highest BCUT2D eigenvalue weighted by atomic mass is 79.9. The molecule has 3 aromatic rings. The number of likely N-dealkylation sites (tertiary alicyclic amines) is 1. The molecule has 3 aliphatic rings. The Morgan fingerprint density at radius 1 is 1.21 bits per heavy atom. The Bertz CT molecular complexity index is 1380. The number of anilines is 1. The molecule has 1 atom stereocenters. The second kappa shape index (κ2) is 10.2. The van der Waals surface area contributed by atoms with E-state index in [0.717, 1.165) is 53.4 Å². The van der Waals surface area contributed by atoms with E-state index < -0.39 is 11.9 Å². The van der Waals surface area contributed by atoms with Crippen LogP contribution in [-0.2, 0) is 20.8 Å². The summed E-state index contributed by atoms with van der Waals surface area (Å²) in [6.45, 7) is 6.36. The fourth-order valence-electron chi connectivity index (χ4n) is 5.05. The number of carbonyl (C=O) groups excluding carboxylic acids is 1. The third-order valence-corrected chi connectivity index (χ3v) is 9.10. The summed E-state index contributed by atoms with van der Waals surface area (Å²) in [4.78, 5) is 29.2. The van der Waals surface area contributed by atoms with Crippen LogP contribution in [0, 0.1) is 5.92 Å². The van der Waals surface area contributed by atoms with Crippen molar-refractivity contribution in [2.75, 3.05) is 32.2 Å². The van der Waals surface area contributed by atoms with Gasteiger partial charge in [-0.2, -0.15) is 0 Å². The Morgan fingerprint density at radius 3 is 2.71 bits per heavy atom. The first-order chi connectivity index (χ1) is 18.3. The molecule has 2 fully saturated rings. The number of aryl methyl sites for hydroxylation is 1. The minimum absolute atomic E-state index is 0.0230. The summed E-state index contributed by atoms with van der Waals surface area (Å²) in [5.41, 5.74) is 7.45. The lowest BCUT2D eigenvalue weighted by Gasteiger charge is -2.33. The van der Waals surface area contributed by atoms with E-state index in [1.54, 1.807) is 0 Å². The molecular formula is C25H29BrN6O5S. The van der Waals surface area contributed by atoms with Gasteiger partial charge in [0.15, 0.2) is 45.5 Å². The molecule has 38 heavy (non-hydrogen) atoms. The number of hydrogen-bond donors (Lipinski definition) is 1. The fourth-order valence-corrected chi connectivity index (χ4v) is 6.56. The van der Waals surface area contributed by atoms with Crippen LogP contribution in [0.25, 0.3) is 11.2 Å². The average molecular weight is 606 g/mol. The number of benzene rings is 1. The zero-order valence-corrected chi connectivity index (χ0v) is 23.6. The smallest absolute Gasteiger partial charge is 0.254 e. The van der Waals surface area contributed by atoms with Gasteiger partial charge >= 0.3 is 0 Å². The highest BCUT2D eigenvalue weighted by Crippen LogP contribution is 2.43. The largest absolute Gasteiger partial charge is 0.454 e. The Morgan fingerprint density at radius 2 is 1.97 bits per heavy atom. The molecule has 11 nitrogen and oxygen atoms in total. The van der Waals surface area contributed by atoms with E-state index in [0.29, 0.717) is 41.0 Å². The van der Waals surface area contributed by atoms with Crippen molar-refractivity contribution in [1.82, 2.24) is 24.4 Å². The molecule has 13 heteroatoms. The van der Waals surface area contributed by atoms with Crippen LogP contribution < -0.4 is 15.2 Å². The first-order valence-corrected chi connectivity index (χ1v) is 14.2. The number of ether oxygens (including phenoxy) is 4. The number of halogens is 1. The van der Waals surface area contributed by atoms with Crippen molar-refractivity contribution in [2.45, 2.75) is 61.6 Å². The van der Waals surface area contributed by atoms with Gasteiger partial charge in [-0.3, -0.25) is 4.79 Å². The summed E-state index contributed by atoms with van der Waals surface area (Å²) in [6, 6.07) is 3.85. The van der Waals surface area contributed by atoms with E-state index >= 15 is 0 Å². The van der Waals surface area contributed by atoms with Gasteiger partial charge in [-0.05, 0) is 67.1 Å². The zero-order valence-electron chi connectivity index (χ0n) is 21.2. The molecular weight excluding hydrogens is 576 g/mol. The first-order valence-electron chi connectivity index (χ1n) is 12.6. The summed E-state index contributed by atoms with van der Waals surface area (Å²) in [6.07, 6.45) is 3.76. The second-order valence-corrected chi connectivity index (χ2v) is 12.0. The standard InChI is InChI=1S/C25H29BrN6O5S/c1-25(2)36-11-18(37-25)23(33)31-6-3-14(4-7-31)5-8-32-22-20(21(27)28-12-29-22)30-24(32)38-19-10-17-16(9-15(19)26)34-13-35-17/h9-10,12,14,18H,3-8,11,13H2,1-2H3,(H2,27,28,29)/t18-/m0/s1. The van der Waals surface area contributed by atoms with Gasteiger partial charge in [0.25, 0.3) is 5.91 Å². The quantitative estimate of drug-likeness (QED) is 0.443. The van der Waals surface area contributed by atoms with Crippen molar-refractivity contribution in [3.8, 4) is 11.5 Å². The molecule has 202 valence electrons. The third kappa shape index (κ3) is 5.04. The van der Waals surface area contributed by atoms with Gasteiger partial charge in [0.05, 0.1) is 6.61 Å². The normalized spacial score (nSPS) is 20.9. The van der Waals surface area contributed by atoms with Crippen LogP contribution in [0.5, 0.6) is 11.5 Å². The molecule has 1 aromatic carbocycles. The fraction of sp³-hybridized carbons (Fsp3) is 0.520. The van der Waals surface area contributed by atoms with E-state index in [1.165, 1.54) is 18.1 Å². The van der Waals surface area contributed by atoms with Crippen LogP contribution in [0.4, 0.5) is 5.82 Å². The topological polar surface area (TPSA) is 127 Å². The Labute approximate surface area is 232 Å². The maximum absolute atomic E-state index is 12.9. The monoisotopic (exact) mass is 604 g/mol. The summed E-state index contributed by atoms with van der Waals surface area (Å²) in [5, 5.41) is 0.778. The summed E-state index contributed by atoms with van der Waals surface area (Å²) >= 11 is 5.16. The van der Waals surface area contributed by atoms with Crippen LogP contribution in [0.15, 0.2) is 33.0 Å². The van der Waals surface area contributed by atoms with E-state index in [1.807, 2.05) is 30.9 Å². The lowest BCUT2D eigenvalue weighted by molar-refractivity contribution is -0.161. The molecule has 1 amide bonds. The van der Waals surface area contributed by atoms with Gasteiger partial charge in [0, 0.05) is 29.0 Å². The highest BCUT2D eigenvalue weighted by molar-refractivity contribution is 9.10. The molecule has 0 unspecified atom stereocenters. The third-order valence-electron chi connectivity index (χ3n) is 7.12. The van der Waals surface area contributed by atoms with E-state index in [9.17, 15) is 4.79 Å². The second-order valence-electron chi connectivity index (χ2n) is 10.1. The summed E-state index contributed by atoms with van der Waals surface area (Å²) < 4.78 is 25.4. The van der Waals surface area contributed by atoms with E-state index in [-0.39, 0.29) is 12.7 Å². The van der Waals surface area contributed by atoms with Crippen molar-refractivity contribution in [2.24, 2.45) is 5.92 Å². The van der Waals surface area contributed by atoms with Crippen LogP contribution in [-0.4, -0.2) is 68.7 Å². The molecule has 2 aromatic heterocycles. The number of hydrogen-bond acceptors (Lipinski definition) is 10. The van der Waals surface area contributed by atoms with Crippen molar-refractivity contribution < 1.29 is 23.7 Å². The van der Waals surface area contributed by atoms with Crippen LogP contribution in [0.3, 0.4) is 0 Å². The molecule has 0 spiro atoms. The van der Waals surface area contributed by atoms with Crippen LogP contribution in [0.1, 0.15) is 33.1 Å². The Kier molecular flexibility index (Phi) is 6.87. The molecule has 0 radical (unpaired) electrons. The highest BCUT2D eigenvalue weighted by Gasteiger charge is 2.39. The SMILES string of the molecule is CC1(C)OC[C@@H](C(=O)N2CCC(CCn3c(Sc4cc5c(cc4Br)OCO5)nc4c(N)ncnc43)CC2)O1. The number of carbonyl (C=O) groups is 1. The van der Waals surface area contributed by atoms with E-state index in [4.69, 9.17) is 29.7 Å². The molecule has 2 saturated heterocycles. The Balaban J connectivity index is 1.15. The molecule has 2 N–H and O–H groups in total. The molecule has 0 aliphatic carbocycles. The van der Waals surface area contributed by atoms with E-state index in [2.05, 4.69) is 30.5 Å². The summed E-state index contributed by atoms with van der Waals surface area (Å²) in [5.74, 6) is 1.57. The number of piperidine rings is 1. The lowest BCUT2D eigenvalue weighted by Crippen LogP contribution is -2.45. The number of imidazole rings is 1. The predicted molar refractivity (Wildman–Crippen MR) is 143 cm³/mol. The predicted octanol–water partition coefficient (Wildman–Crippen LogP) is 3.83. The molecule has 6 rings (SSSR count).